The minimum absolute atomic E-state index is 0.0560. The summed E-state index contributed by atoms with van der Waals surface area (Å²) < 4.78 is 0. The van der Waals surface area contributed by atoms with E-state index in [9.17, 15) is 14.9 Å². The van der Waals surface area contributed by atoms with Crippen molar-refractivity contribution in [2.75, 3.05) is 18.0 Å². The van der Waals surface area contributed by atoms with Gasteiger partial charge in [0.15, 0.2) is 0 Å². The van der Waals surface area contributed by atoms with Crippen molar-refractivity contribution in [2.45, 2.75) is 32.6 Å². The fourth-order valence-corrected chi connectivity index (χ4v) is 3.17. The number of hydrogen-bond acceptors (Lipinski definition) is 5. The van der Waals surface area contributed by atoms with E-state index in [0.29, 0.717) is 10.6 Å². The Morgan fingerprint density at radius 3 is 2.38 bits per heavy atom. The van der Waals surface area contributed by atoms with E-state index in [4.69, 9.17) is 10.2 Å². The fourth-order valence-electron chi connectivity index (χ4n) is 1.89. The van der Waals surface area contributed by atoms with Crippen molar-refractivity contribution in [2.24, 2.45) is 0 Å². The van der Waals surface area contributed by atoms with Gasteiger partial charge in [0.05, 0.1) is 12.0 Å². The molecule has 1 heterocycles. The number of anilines is 1. The Labute approximate surface area is 127 Å². The molecule has 0 amide bonds. The molecular formula is C14H18N2O4S. The molecule has 6 nitrogen and oxygen atoms in total. The molecular weight excluding hydrogens is 292 g/mol. The van der Waals surface area contributed by atoms with Crippen LogP contribution in [0, 0.1) is 11.3 Å². The molecule has 0 aliphatic rings. The molecule has 0 aliphatic carbocycles. The zero-order valence-electron chi connectivity index (χ0n) is 12.2. The Morgan fingerprint density at radius 1 is 1.33 bits per heavy atom. The highest BCUT2D eigenvalue weighted by Crippen LogP contribution is 2.37. The van der Waals surface area contributed by atoms with Gasteiger partial charge in [0, 0.05) is 6.54 Å². The van der Waals surface area contributed by atoms with E-state index in [-0.39, 0.29) is 24.9 Å². The van der Waals surface area contributed by atoms with Crippen LogP contribution in [0.5, 0.6) is 0 Å². The molecule has 1 aromatic rings. The van der Waals surface area contributed by atoms with E-state index in [1.165, 1.54) is 16.2 Å². The Bertz CT molecular complexity index is 581. The number of rotatable bonds is 6. The molecule has 0 saturated heterocycles. The molecule has 0 saturated carbocycles. The highest BCUT2D eigenvalue weighted by atomic mass is 32.1. The Morgan fingerprint density at radius 2 is 1.95 bits per heavy atom. The zero-order valence-corrected chi connectivity index (χ0v) is 13.0. The summed E-state index contributed by atoms with van der Waals surface area (Å²) in [7, 11) is 0. The average molecular weight is 310 g/mol. The summed E-state index contributed by atoms with van der Waals surface area (Å²) in [6, 6.07) is 2.12. The van der Waals surface area contributed by atoms with Crippen LogP contribution in [0.2, 0.25) is 0 Å². The van der Waals surface area contributed by atoms with Gasteiger partial charge in [0.1, 0.15) is 17.6 Å². The second-order valence-electron chi connectivity index (χ2n) is 5.65. The molecule has 1 rings (SSSR count). The summed E-state index contributed by atoms with van der Waals surface area (Å²) in [5.74, 6) is -2.06. The van der Waals surface area contributed by atoms with Crippen LogP contribution in [0.4, 0.5) is 5.00 Å². The Kier molecular flexibility index (Phi) is 5.33. The van der Waals surface area contributed by atoms with Gasteiger partial charge in [0.25, 0.3) is 0 Å². The molecule has 0 unspecified atom stereocenters. The van der Waals surface area contributed by atoms with Gasteiger partial charge in [-0.3, -0.25) is 9.59 Å². The van der Waals surface area contributed by atoms with Gasteiger partial charge in [-0.2, -0.15) is 5.26 Å². The molecule has 0 radical (unpaired) electrons. The summed E-state index contributed by atoms with van der Waals surface area (Å²) in [6.07, 6.45) is -0.180. The lowest BCUT2D eigenvalue weighted by molar-refractivity contribution is -0.138. The van der Waals surface area contributed by atoms with Crippen molar-refractivity contribution in [1.82, 2.24) is 0 Å². The van der Waals surface area contributed by atoms with Crippen molar-refractivity contribution in [3.8, 4) is 6.07 Å². The lowest BCUT2D eigenvalue weighted by Gasteiger charge is -2.22. The first-order chi connectivity index (χ1) is 9.66. The first kappa shape index (κ1) is 17.0. The van der Waals surface area contributed by atoms with E-state index in [2.05, 4.69) is 6.07 Å². The van der Waals surface area contributed by atoms with Crippen LogP contribution in [0.3, 0.4) is 0 Å². The van der Waals surface area contributed by atoms with Gasteiger partial charge in [-0.1, -0.05) is 20.8 Å². The molecule has 21 heavy (non-hydrogen) atoms. The first-order valence-corrected chi connectivity index (χ1v) is 7.25. The molecule has 0 spiro atoms. The van der Waals surface area contributed by atoms with Crippen LogP contribution in [0.15, 0.2) is 5.38 Å². The number of carbonyl (C=O) groups is 2. The highest BCUT2D eigenvalue weighted by molar-refractivity contribution is 7.14. The van der Waals surface area contributed by atoms with Crippen LogP contribution in [-0.4, -0.2) is 35.2 Å². The third-order valence-electron chi connectivity index (χ3n) is 2.90. The molecule has 0 atom stereocenters. The standard InChI is InChI=1S/C14H18N2O4S/c1-14(2,3)10-8-21-13(9(10)6-15)16(7-12(19)20)5-4-11(17)18/h8H,4-5,7H2,1-3H3,(H,17,18)(H,19,20). The molecule has 114 valence electrons. The smallest absolute Gasteiger partial charge is 0.323 e. The van der Waals surface area contributed by atoms with E-state index >= 15 is 0 Å². The minimum atomic E-state index is -1.06. The maximum atomic E-state index is 11.0. The maximum Gasteiger partial charge on any atom is 0.323 e. The van der Waals surface area contributed by atoms with Crippen LogP contribution in [0.1, 0.15) is 38.3 Å². The molecule has 0 bridgehead atoms. The quantitative estimate of drug-likeness (QED) is 0.836. The predicted molar refractivity (Wildman–Crippen MR) is 79.8 cm³/mol. The minimum Gasteiger partial charge on any atom is -0.481 e. The Balaban J connectivity index is 3.19. The molecule has 0 aromatic carbocycles. The fraction of sp³-hybridized carbons (Fsp3) is 0.500. The normalized spacial score (nSPS) is 11.0. The molecule has 7 heteroatoms. The summed E-state index contributed by atoms with van der Waals surface area (Å²) in [6.45, 7) is 5.64. The van der Waals surface area contributed by atoms with Crippen LogP contribution < -0.4 is 4.90 Å². The SMILES string of the molecule is CC(C)(C)c1csc(N(CCC(=O)O)CC(=O)O)c1C#N. The van der Waals surface area contributed by atoms with Gasteiger partial charge in [-0.15, -0.1) is 11.3 Å². The van der Waals surface area contributed by atoms with Crippen molar-refractivity contribution in [3.63, 3.8) is 0 Å². The lowest BCUT2D eigenvalue weighted by atomic mass is 9.86. The van der Waals surface area contributed by atoms with Crippen molar-refractivity contribution >= 4 is 28.3 Å². The van der Waals surface area contributed by atoms with E-state index in [0.717, 1.165) is 5.56 Å². The first-order valence-electron chi connectivity index (χ1n) is 6.37. The van der Waals surface area contributed by atoms with Crippen LogP contribution >= 0.6 is 11.3 Å². The molecule has 1 aromatic heterocycles. The highest BCUT2D eigenvalue weighted by Gasteiger charge is 2.26. The summed E-state index contributed by atoms with van der Waals surface area (Å²) in [5.41, 5.74) is 1.04. The largest absolute Gasteiger partial charge is 0.481 e. The van der Waals surface area contributed by atoms with Gasteiger partial charge < -0.3 is 15.1 Å². The van der Waals surface area contributed by atoms with Crippen LogP contribution in [-0.2, 0) is 15.0 Å². The number of nitrogens with zero attached hydrogens (tertiary/aromatic N) is 2. The zero-order chi connectivity index (χ0) is 16.2. The van der Waals surface area contributed by atoms with E-state index in [1.54, 1.807) is 0 Å². The maximum absolute atomic E-state index is 11.0. The van der Waals surface area contributed by atoms with E-state index < -0.39 is 11.9 Å². The van der Waals surface area contributed by atoms with E-state index in [1.807, 2.05) is 26.2 Å². The van der Waals surface area contributed by atoms with Crippen LogP contribution in [0.25, 0.3) is 0 Å². The summed E-state index contributed by atoms with van der Waals surface area (Å²) in [5, 5.41) is 29.5. The lowest BCUT2D eigenvalue weighted by Crippen LogP contribution is -2.31. The molecule has 0 fully saturated rings. The number of aliphatic carboxylic acids is 2. The number of carboxylic acid groups (broad SMARTS) is 2. The third kappa shape index (κ3) is 4.46. The number of hydrogen-bond donors (Lipinski definition) is 2. The number of thiophene rings is 1. The third-order valence-corrected chi connectivity index (χ3v) is 3.94. The van der Waals surface area contributed by atoms with Gasteiger partial charge in [-0.25, -0.2) is 0 Å². The van der Waals surface area contributed by atoms with Crippen molar-refractivity contribution in [1.29, 1.82) is 5.26 Å². The monoisotopic (exact) mass is 310 g/mol. The number of nitriles is 1. The second-order valence-corrected chi connectivity index (χ2v) is 6.51. The summed E-state index contributed by atoms with van der Waals surface area (Å²) >= 11 is 1.28. The average Bonchev–Trinajstić information content (AvgIpc) is 2.77. The number of carboxylic acids is 2. The van der Waals surface area contributed by atoms with Gasteiger partial charge in [0.2, 0.25) is 0 Å². The second kappa shape index (κ2) is 6.59. The molecule has 0 aliphatic heterocycles. The van der Waals surface area contributed by atoms with Gasteiger partial charge >= 0.3 is 11.9 Å². The predicted octanol–water partition coefficient (Wildman–Crippen LogP) is 2.28. The van der Waals surface area contributed by atoms with Crippen molar-refractivity contribution in [3.05, 3.63) is 16.5 Å². The van der Waals surface area contributed by atoms with Gasteiger partial charge in [-0.05, 0) is 16.4 Å². The summed E-state index contributed by atoms with van der Waals surface area (Å²) in [4.78, 5) is 23.1. The Hall–Kier alpha value is -2.07. The molecule has 2 N–H and O–H groups in total. The topological polar surface area (TPSA) is 102 Å². The van der Waals surface area contributed by atoms with Crippen molar-refractivity contribution < 1.29 is 19.8 Å².